The third-order valence-electron chi connectivity index (χ3n) is 7.39. The fourth-order valence-electron chi connectivity index (χ4n) is 5.02. The molecule has 4 aromatic rings. The van der Waals surface area contributed by atoms with Crippen LogP contribution in [0.1, 0.15) is 31.0 Å². The molecule has 0 N–H and O–H groups in total. The highest BCUT2D eigenvalue weighted by molar-refractivity contribution is 7.89. The minimum Gasteiger partial charge on any atom is -0.293 e. The monoisotopic (exact) mass is 579 g/mol. The third-order valence-corrected chi connectivity index (χ3v) is 9.12. The molecule has 0 unspecified atom stereocenters. The maximum atomic E-state index is 13.9. The van der Waals surface area contributed by atoms with E-state index in [0.29, 0.717) is 16.6 Å². The summed E-state index contributed by atoms with van der Waals surface area (Å²) < 4.78 is 84.8. The minimum atomic E-state index is -4.45. The van der Waals surface area contributed by atoms with Gasteiger partial charge in [0.1, 0.15) is 5.82 Å². The second kappa shape index (κ2) is 9.93. The normalized spacial score (nSPS) is 18.1. The molecule has 214 valence electrons. The summed E-state index contributed by atoms with van der Waals surface area (Å²) in [5.74, 6) is -0.376. The van der Waals surface area contributed by atoms with Crippen molar-refractivity contribution in [2.75, 3.05) is 26.2 Å². The Bertz CT molecular complexity index is 1650. The van der Waals surface area contributed by atoms with Gasteiger partial charge in [0, 0.05) is 44.7 Å². The van der Waals surface area contributed by atoms with Crippen molar-refractivity contribution < 1.29 is 26.0 Å². The fraction of sp³-hybridized carbons (Fsp3) is 0.423. The summed E-state index contributed by atoms with van der Waals surface area (Å²) >= 11 is 0. The number of aryl methyl sites for hydroxylation is 2. The number of nitrogens with zero attached hydrogens (tertiary/aromatic N) is 7. The van der Waals surface area contributed by atoms with E-state index in [2.05, 4.69) is 15.3 Å². The molecule has 2 aromatic heterocycles. The molecule has 5 rings (SSSR count). The van der Waals surface area contributed by atoms with E-state index in [9.17, 15) is 26.0 Å². The molecule has 40 heavy (non-hydrogen) atoms. The number of piperazine rings is 1. The molecule has 0 spiro atoms. The Morgan fingerprint density at radius 1 is 1.02 bits per heavy atom. The molecule has 14 heteroatoms. The van der Waals surface area contributed by atoms with Gasteiger partial charge in [0.15, 0.2) is 0 Å². The topological polar surface area (TPSA) is 89.2 Å². The second-order valence-corrected chi connectivity index (χ2v) is 12.6. The van der Waals surface area contributed by atoms with E-state index in [1.54, 1.807) is 27.9 Å². The zero-order valence-corrected chi connectivity index (χ0v) is 23.2. The molecule has 0 bridgehead atoms. The smallest absolute Gasteiger partial charge is 0.293 e. The van der Waals surface area contributed by atoms with Gasteiger partial charge in [-0.15, -0.1) is 5.10 Å². The Morgan fingerprint density at radius 3 is 2.35 bits per heavy atom. The zero-order valence-electron chi connectivity index (χ0n) is 22.4. The Balaban J connectivity index is 1.56. The molecular formula is C26H29F4N7O2S. The molecule has 9 nitrogen and oxygen atoms in total. The van der Waals surface area contributed by atoms with E-state index in [0.717, 1.165) is 35.9 Å². The average molecular weight is 580 g/mol. The average Bonchev–Trinajstić information content (AvgIpc) is 3.50. The summed E-state index contributed by atoms with van der Waals surface area (Å²) in [6, 6.07) is 8.90. The van der Waals surface area contributed by atoms with Crippen LogP contribution in [0.2, 0.25) is 0 Å². The van der Waals surface area contributed by atoms with Gasteiger partial charge in [0.25, 0.3) is 10.0 Å². The summed E-state index contributed by atoms with van der Waals surface area (Å²) in [7, 11) is -2.52. The minimum absolute atomic E-state index is 0.00708. The van der Waals surface area contributed by atoms with Gasteiger partial charge < -0.3 is 0 Å². The number of rotatable bonds is 6. The largest absolute Gasteiger partial charge is 0.395 e. The summed E-state index contributed by atoms with van der Waals surface area (Å²) in [6.07, 6.45) is -1.66. The molecule has 1 atom stereocenters. The van der Waals surface area contributed by atoms with Crippen LogP contribution in [0.25, 0.3) is 16.6 Å². The number of alkyl halides is 3. The number of aromatic nitrogens is 5. The summed E-state index contributed by atoms with van der Waals surface area (Å²) in [4.78, 5) is 2.85. The Labute approximate surface area is 229 Å². The van der Waals surface area contributed by atoms with Gasteiger partial charge in [0.2, 0.25) is 5.03 Å². The van der Waals surface area contributed by atoms with Crippen molar-refractivity contribution in [3.8, 4) is 5.69 Å². The highest BCUT2D eigenvalue weighted by Gasteiger charge is 2.50. The van der Waals surface area contributed by atoms with Gasteiger partial charge in [0.05, 0.1) is 29.0 Å². The van der Waals surface area contributed by atoms with Crippen LogP contribution in [0, 0.1) is 18.2 Å². The molecule has 0 amide bonds. The first-order chi connectivity index (χ1) is 18.7. The van der Waals surface area contributed by atoms with E-state index in [1.807, 2.05) is 19.1 Å². The number of fused-ring (bicyclic) bond motifs is 1. The molecular weight excluding hydrogens is 550 g/mol. The summed E-state index contributed by atoms with van der Waals surface area (Å²) in [5, 5.41) is 12.7. The number of benzene rings is 2. The van der Waals surface area contributed by atoms with Crippen molar-refractivity contribution in [1.29, 1.82) is 0 Å². The van der Waals surface area contributed by atoms with Gasteiger partial charge in [-0.1, -0.05) is 0 Å². The van der Waals surface area contributed by atoms with E-state index in [-0.39, 0.29) is 37.0 Å². The van der Waals surface area contributed by atoms with Crippen molar-refractivity contribution in [3.05, 3.63) is 65.7 Å². The van der Waals surface area contributed by atoms with Crippen LogP contribution in [0.3, 0.4) is 0 Å². The standard InChI is InChI=1S/C26H29F4N7O2S/c1-17-11-22-18(13-32-37(22)20-7-5-19(27)6-8-20)12-21(17)23-15-36(40(38,39)24-14-31-34(4)33-24)10-9-35(23)16-25(2,3)26(28,29)30/h5-8,11-14,23H,9-10,15-16H2,1-4H3/t23-/m0/s1. The van der Waals surface area contributed by atoms with Gasteiger partial charge in [-0.3, -0.25) is 4.90 Å². The molecule has 1 fully saturated rings. The lowest BCUT2D eigenvalue weighted by Crippen LogP contribution is -2.54. The van der Waals surface area contributed by atoms with Crippen LogP contribution >= 0.6 is 0 Å². The van der Waals surface area contributed by atoms with Crippen molar-refractivity contribution in [2.45, 2.75) is 38.0 Å². The highest BCUT2D eigenvalue weighted by atomic mass is 32.2. The van der Waals surface area contributed by atoms with Crippen molar-refractivity contribution >= 4 is 20.9 Å². The van der Waals surface area contributed by atoms with Crippen molar-refractivity contribution in [2.24, 2.45) is 12.5 Å². The van der Waals surface area contributed by atoms with Crippen LogP contribution in [0.4, 0.5) is 17.6 Å². The van der Waals surface area contributed by atoms with Crippen LogP contribution in [-0.4, -0.2) is 74.8 Å². The molecule has 0 aliphatic carbocycles. The molecule has 1 aliphatic rings. The predicted molar refractivity (Wildman–Crippen MR) is 140 cm³/mol. The second-order valence-electron chi connectivity index (χ2n) is 10.7. The highest BCUT2D eigenvalue weighted by Crippen LogP contribution is 2.41. The molecule has 0 radical (unpaired) electrons. The van der Waals surface area contributed by atoms with Crippen LogP contribution in [0.5, 0.6) is 0 Å². The summed E-state index contributed by atoms with van der Waals surface area (Å²) in [5.41, 5.74) is 0.812. The molecule has 1 aliphatic heterocycles. The van der Waals surface area contributed by atoms with E-state index in [1.165, 1.54) is 23.5 Å². The van der Waals surface area contributed by atoms with Crippen LogP contribution < -0.4 is 0 Å². The van der Waals surface area contributed by atoms with Gasteiger partial charge >= 0.3 is 6.18 Å². The number of sulfonamides is 1. The first-order valence-electron chi connectivity index (χ1n) is 12.6. The maximum absolute atomic E-state index is 13.9. The van der Waals surface area contributed by atoms with Crippen LogP contribution in [0.15, 0.2) is 53.8 Å². The van der Waals surface area contributed by atoms with Gasteiger partial charge in [-0.2, -0.15) is 32.5 Å². The Kier molecular flexibility index (Phi) is 6.99. The number of hydrogen-bond acceptors (Lipinski definition) is 6. The van der Waals surface area contributed by atoms with Gasteiger partial charge in [-0.05, 0) is 68.3 Å². The molecule has 3 heterocycles. The van der Waals surface area contributed by atoms with E-state index < -0.39 is 27.7 Å². The quantitative estimate of drug-likeness (QED) is 0.318. The van der Waals surface area contributed by atoms with Crippen molar-refractivity contribution in [3.63, 3.8) is 0 Å². The van der Waals surface area contributed by atoms with Crippen LogP contribution in [-0.2, 0) is 17.1 Å². The zero-order chi connectivity index (χ0) is 29.0. The van der Waals surface area contributed by atoms with E-state index >= 15 is 0 Å². The summed E-state index contributed by atoms with van der Waals surface area (Å²) in [6.45, 7) is 3.85. The maximum Gasteiger partial charge on any atom is 0.395 e. The molecule has 1 saturated heterocycles. The molecule has 2 aromatic carbocycles. The fourth-order valence-corrected chi connectivity index (χ4v) is 6.34. The van der Waals surface area contributed by atoms with Crippen molar-refractivity contribution in [1.82, 2.24) is 34.0 Å². The van der Waals surface area contributed by atoms with E-state index in [4.69, 9.17) is 0 Å². The Hall–Kier alpha value is -3.36. The third kappa shape index (κ3) is 5.10. The predicted octanol–water partition coefficient (Wildman–Crippen LogP) is 4.24. The first kappa shape index (κ1) is 28.2. The number of hydrogen-bond donors (Lipinski definition) is 0. The first-order valence-corrected chi connectivity index (χ1v) is 14.0. The Morgan fingerprint density at radius 2 is 1.73 bits per heavy atom. The SMILES string of the molecule is Cc1cc2c(cnn2-c2ccc(F)cc2)cc1[C@@H]1CN(S(=O)(=O)c2cnn(C)n2)CCN1CC(C)(C)C(F)(F)F. The number of halogens is 4. The lowest BCUT2D eigenvalue weighted by Gasteiger charge is -2.44. The van der Waals surface area contributed by atoms with Gasteiger partial charge in [-0.25, -0.2) is 17.5 Å². The lowest BCUT2D eigenvalue weighted by molar-refractivity contribution is -0.219. The lowest BCUT2D eigenvalue weighted by atomic mass is 9.89. The molecule has 0 saturated carbocycles.